The summed E-state index contributed by atoms with van der Waals surface area (Å²) in [6.07, 6.45) is 1.84. The van der Waals surface area contributed by atoms with Gasteiger partial charge in [0.1, 0.15) is 41.3 Å². The molecule has 2 saturated heterocycles. The molecule has 0 bridgehead atoms. The number of nitrogens with zero attached hydrogens (tertiary/aromatic N) is 6. The van der Waals surface area contributed by atoms with Crippen LogP contribution in [0.15, 0.2) is 73.1 Å². The van der Waals surface area contributed by atoms with Gasteiger partial charge >= 0.3 is 0 Å². The highest BCUT2D eigenvalue weighted by Gasteiger charge is 2.43. The van der Waals surface area contributed by atoms with Crippen LogP contribution in [0.4, 0.5) is 23.0 Å². The Kier molecular flexibility index (Phi) is 14.0. The van der Waals surface area contributed by atoms with Crippen LogP contribution in [-0.2, 0) is 25.6 Å². The molecule has 1 aromatic heterocycles. The van der Waals surface area contributed by atoms with E-state index < -0.39 is 29.7 Å². The number of imide groups is 2. The van der Waals surface area contributed by atoms with E-state index in [2.05, 4.69) is 35.7 Å². The predicted octanol–water partition coefficient (Wildman–Crippen LogP) is 5.01. The Balaban J connectivity index is 0.771. The van der Waals surface area contributed by atoms with E-state index in [0.29, 0.717) is 76.8 Å². The number of methoxy groups -OCH3 is 2. The Bertz CT molecular complexity index is 2740. The molecular formula is C47H47Cl2N9O9. The molecule has 3 aliphatic rings. The van der Waals surface area contributed by atoms with Crippen molar-refractivity contribution in [2.45, 2.75) is 31.7 Å². The largest absolute Gasteiger partial charge is 0.495 e. The summed E-state index contributed by atoms with van der Waals surface area (Å²) in [5, 5.41) is 10.0. The normalized spacial score (nSPS) is 16.2. The van der Waals surface area contributed by atoms with Gasteiger partial charge < -0.3 is 29.7 Å². The molecule has 1 unspecified atom stereocenters. The van der Waals surface area contributed by atoms with Crippen LogP contribution in [0, 0.1) is 0 Å². The molecule has 0 saturated carbocycles. The topological polar surface area (TPSA) is 205 Å². The fourth-order valence-corrected chi connectivity index (χ4v) is 8.93. The van der Waals surface area contributed by atoms with Gasteiger partial charge in [-0.05, 0) is 60.7 Å². The number of piperidine rings is 1. The molecule has 0 aliphatic carbocycles. The quantitative estimate of drug-likeness (QED) is 0.0879. The van der Waals surface area contributed by atoms with Gasteiger partial charge in [-0.2, -0.15) is 0 Å². The zero-order chi connectivity index (χ0) is 47.4. The van der Waals surface area contributed by atoms with E-state index in [1.165, 1.54) is 25.4 Å². The number of nitrogens with one attached hydrogen (secondary N) is 3. The number of aromatic nitrogens is 2. The number of ether oxygens (including phenoxy) is 3. The summed E-state index contributed by atoms with van der Waals surface area (Å²) < 4.78 is 16.7. The maximum absolute atomic E-state index is 13.7. The van der Waals surface area contributed by atoms with Crippen molar-refractivity contribution in [1.82, 2.24) is 30.4 Å². The highest BCUT2D eigenvalue weighted by molar-refractivity contribution is 6.38. The molecule has 4 heterocycles. The number of hydrogen-bond donors (Lipinski definition) is 3. The van der Waals surface area contributed by atoms with Gasteiger partial charge in [0.05, 0.1) is 49.4 Å². The SMILES string of the molecule is COc1cc(OC)c(Cl)c(CC(=O)N(C)c2cc(Nc3ccc(N4CCN(CC(=O)NCCCOc5cc6c7c(cccc7c5)C(=O)N(C5CCC(=O)NC5=O)C6=O)CC4)cc3)ncn2)c1Cl. The fourth-order valence-electron chi connectivity index (χ4n) is 8.30. The first-order valence-electron chi connectivity index (χ1n) is 21.5. The molecule has 5 aromatic rings. The van der Waals surface area contributed by atoms with Gasteiger partial charge in [0.25, 0.3) is 11.8 Å². The van der Waals surface area contributed by atoms with Crippen LogP contribution in [0.25, 0.3) is 10.8 Å². The van der Waals surface area contributed by atoms with E-state index in [0.717, 1.165) is 29.4 Å². The summed E-state index contributed by atoms with van der Waals surface area (Å²) in [5.41, 5.74) is 2.75. The summed E-state index contributed by atoms with van der Waals surface area (Å²) in [6.45, 7) is 3.78. The molecule has 4 aromatic carbocycles. The molecule has 0 radical (unpaired) electrons. The van der Waals surface area contributed by atoms with Gasteiger partial charge in [-0.15, -0.1) is 0 Å². The van der Waals surface area contributed by atoms with Crippen molar-refractivity contribution in [3.8, 4) is 17.2 Å². The Morgan fingerprint density at radius 2 is 1.60 bits per heavy atom. The average molecular weight is 953 g/mol. The minimum Gasteiger partial charge on any atom is -0.495 e. The third kappa shape index (κ3) is 10.1. The van der Waals surface area contributed by atoms with E-state index in [1.807, 2.05) is 24.3 Å². The van der Waals surface area contributed by atoms with Crippen LogP contribution in [0.1, 0.15) is 45.5 Å². The number of amides is 6. The van der Waals surface area contributed by atoms with Crippen molar-refractivity contribution >= 4 is 92.4 Å². The van der Waals surface area contributed by atoms with Gasteiger partial charge in [-0.25, -0.2) is 9.97 Å². The first kappa shape index (κ1) is 46.5. The second-order valence-corrected chi connectivity index (χ2v) is 16.8. The van der Waals surface area contributed by atoms with Gasteiger partial charge in [0.2, 0.25) is 23.6 Å². The highest BCUT2D eigenvalue weighted by atomic mass is 35.5. The molecule has 2 fully saturated rings. The van der Waals surface area contributed by atoms with Crippen LogP contribution in [0.2, 0.25) is 10.0 Å². The molecule has 67 heavy (non-hydrogen) atoms. The molecule has 8 rings (SSSR count). The van der Waals surface area contributed by atoms with E-state index in [-0.39, 0.29) is 59.8 Å². The van der Waals surface area contributed by atoms with Crippen LogP contribution in [0.3, 0.4) is 0 Å². The monoisotopic (exact) mass is 951 g/mol. The second-order valence-electron chi connectivity index (χ2n) is 16.1. The van der Waals surface area contributed by atoms with E-state index >= 15 is 0 Å². The first-order valence-corrected chi connectivity index (χ1v) is 22.3. The lowest BCUT2D eigenvalue weighted by atomic mass is 9.91. The second kappa shape index (κ2) is 20.2. The zero-order valence-corrected chi connectivity index (χ0v) is 38.4. The lowest BCUT2D eigenvalue weighted by Crippen LogP contribution is -2.57. The fraction of sp³-hybridized carbons (Fsp3) is 0.319. The van der Waals surface area contributed by atoms with Crippen molar-refractivity contribution < 1.29 is 43.0 Å². The molecule has 3 N–H and O–H groups in total. The standard InChI is InChI=1S/C47H47Cl2N9O9/c1-55(41(61)22-33-43(48)35(65-2)23-36(66-3)44(33)49)38-24-37(51-26-52-38)53-28-8-10-29(11-9-28)57-17-15-56(16-18-57)25-40(60)50-14-5-19-67-30-20-27-6-4-7-31-42(27)32(21-30)47(64)58(46(31)63)34-12-13-39(59)54-45(34)62/h4,6-11,20-21,23-24,26,34H,5,12-19,22,25H2,1-3H3,(H,50,60)(H,51,52,53)(H,54,59,62). The Labute approximate surface area is 395 Å². The molecule has 6 amide bonds. The predicted molar refractivity (Wildman–Crippen MR) is 251 cm³/mol. The molecule has 20 heteroatoms. The number of piperazine rings is 1. The van der Waals surface area contributed by atoms with Gasteiger partial charge in [-0.3, -0.25) is 48.8 Å². The number of rotatable bonds is 16. The van der Waals surface area contributed by atoms with Crippen molar-refractivity contribution in [1.29, 1.82) is 0 Å². The lowest BCUT2D eigenvalue weighted by Gasteiger charge is -2.35. The number of benzene rings is 4. The average Bonchev–Trinajstić information content (AvgIpc) is 3.33. The Hall–Kier alpha value is -7.02. The van der Waals surface area contributed by atoms with Crippen LogP contribution in [0.5, 0.6) is 17.2 Å². The number of likely N-dealkylation sites (N-methyl/N-ethyl adjacent to an activating group) is 1. The van der Waals surface area contributed by atoms with Crippen molar-refractivity contribution in [3.05, 3.63) is 99.8 Å². The smallest absolute Gasteiger partial charge is 0.262 e. The van der Waals surface area contributed by atoms with Crippen LogP contribution >= 0.6 is 23.2 Å². The molecule has 3 aliphatic heterocycles. The third-order valence-corrected chi connectivity index (χ3v) is 12.7. The minimum atomic E-state index is -1.09. The molecule has 348 valence electrons. The van der Waals surface area contributed by atoms with Gasteiger partial charge in [0.15, 0.2) is 0 Å². The van der Waals surface area contributed by atoms with E-state index in [4.69, 9.17) is 37.4 Å². The summed E-state index contributed by atoms with van der Waals surface area (Å²) in [4.78, 5) is 93.0. The molecule has 1 atom stereocenters. The Morgan fingerprint density at radius 1 is 0.881 bits per heavy atom. The Morgan fingerprint density at radius 3 is 2.30 bits per heavy atom. The van der Waals surface area contributed by atoms with E-state index in [1.54, 1.807) is 49.5 Å². The number of halogens is 2. The van der Waals surface area contributed by atoms with Crippen molar-refractivity contribution in [2.75, 3.05) is 82.3 Å². The lowest BCUT2D eigenvalue weighted by molar-refractivity contribution is -0.136. The third-order valence-electron chi connectivity index (χ3n) is 11.9. The molecule has 0 spiro atoms. The van der Waals surface area contributed by atoms with Gasteiger partial charge in [-0.1, -0.05) is 35.3 Å². The minimum absolute atomic E-state index is 0.0257. The maximum Gasteiger partial charge on any atom is 0.262 e. The van der Waals surface area contributed by atoms with Crippen molar-refractivity contribution in [3.63, 3.8) is 0 Å². The molecular weight excluding hydrogens is 905 g/mol. The van der Waals surface area contributed by atoms with Crippen LogP contribution in [-0.4, -0.2) is 128 Å². The highest BCUT2D eigenvalue weighted by Crippen LogP contribution is 2.41. The van der Waals surface area contributed by atoms with Gasteiger partial charge in [0, 0.05) is 86.2 Å². The van der Waals surface area contributed by atoms with Crippen LogP contribution < -0.4 is 40.0 Å². The molecule has 18 nitrogen and oxygen atoms in total. The summed E-state index contributed by atoms with van der Waals surface area (Å²) in [7, 11) is 4.54. The number of carbonyl (C=O) groups is 6. The van der Waals surface area contributed by atoms with Crippen molar-refractivity contribution in [2.24, 2.45) is 0 Å². The number of hydrogen-bond acceptors (Lipinski definition) is 14. The summed E-state index contributed by atoms with van der Waals surface area (Å²) in [5.74, 6) is -0.776. The number of anilines is 4. The van der Waals surface area contributed by atoms with E-state index in [9.17, 15) is 28.8 Å². The summed E-state index contributed by atoms with van der Waals surface area (Å²) >= 11 is 13.0. The summed E-state index contributed by atoms with van der Waals surface area (Å²) in [6, 6.07) is 18.5. The first-order chi connectivity index (χ1) is 32.3. The zero-order valence-electron chi connectivity index (χ0n) is 36.9. The maximum atomic E-state index is 13.7. The number of carbonyl (C=O) groups excluding carboxylic acids is 6.